The molecule has 0 aliphatic rings. The SMILES string of the molecule is Cc1nc(CC(N)c2cccs2)sc1C. The van der Waals surface area contributed by atoms with Crippen molar-refractivity contribution in [1.29, 1.82) is 0 Å². The fourth-order valence-corrected chi connectivity index (χ4v) is 3.14. The lowest BCUT2D eigenvalue weighted by Crippen LogP contribution is -2.11. The van der Waals surface area contributed by atoms with Crippen molar-refractivity contribution in [3.05, 3.63) is 38.0 Å². The lowest BCUT2D eigenvalue weighted by atomic mass is 10.2. The van der Waals surface area contributed by atoms with Crippen molar-refractivity contribution in [2.75, 3.05) is 0 Å². The molecule has 1 atom stereocenters. The van der Waals surface area contributed by atoms with Crippen molar-refractivity contribution in [3.8, 4) is 0 Å². The Balaban J connectivity index is 2.09. The van der Waals surface area contributed by atoms with Gasteiger partial charge in [0.1, 0.15) is 0 Å². The second-order valence-corrected chi connectivity index (χ2v) is 5.84. The molecule has 2 heterocycles. The van der Waals surface area contributed by atoms with Gasteiger partial charge in [0.2, 0.25) is 0 Å². The molecule has 2 N–H and O–H groups in total. The molecule has 4 heteroatoms. The largest absolute Gasteiger partial charge is 0.323 e. The van der Waals surface area contributed by atoms with Crippen LogP contribution in [0.5, 0.6) is 0 Å². The average molecular weight is 238 g/mol. The average Bonchev–Trinajstić information content (AvgIpc) is 2.77. The minimum absolute atomic E-state index is 0.0925. The van der Waals surface area contributed by atoms with Crippen molar-refractivity contribution in [2.45, 2.75) is 26.3 Å². The maximum atomic E-state index is 6.11. The molecule has 2 rings (SSSR count). The third-order valence-corrected chi connectivity index (χ3v) is 4.48. The predicted octanol–water partition coefficient (Wildman–Crippen LogP) is 3.06. The predicted molar refractivity (Wildman–Crippen MR) is 66.5 cm³/mol. The molecule has 0 saturated carbocycles. The van der Waals surface area contributed by atoms with Gasteiger partial charge in [0.25, 0.3) is 0 Å². The van der Waals surface area contributed by atoms with E-state index in [1.807, 2.05) is 13.0 Å². The highest BCUT2D eigenvalue weighted by Gasteiger charge is 2.11. The molecule has 0 bridgehead atoms. The molecular weight excluding hydrogens is 224 g/mol. The Morgan fingerprint density at radius 3 is 2.80 bits per heavy atom. The molecule has 0 radical (unpaired) electrons. The first kappa shape index (κ1) is 10.8. The van der Waals surface area contributed by atoms with Gasteiger partial charge in [0.15, 0.2) is 0 Å². The molecule has 2 aromatic rings. The van der Waals surface area contributed by atoms with E-state index in [9.17, 15) is 0 Å². The van der Waals surface area contributed by atoms with Crippen LogP contribution >= 0.6 is 22.7 Å². The Bertz CT molecular complexity index is 412. The van der Waals surface area contributed by atoms with Gasteiger partial charge in [-0.05, 0) is 25.3 Å². The number of aryl methyl sites for hydroxylation is 2. The number of nitrogens with zero attached hydrogens (tertiary/aromatic N) is 1. The number of aromatic nitrogens is 1. The minimum Gasteiger partial charge on any atom is -0.323 e. The van der Waals surface area contributed by atoms with E-state index in [1.54, 1.807) is 22.7 Å². The van der Waals surface area contributed by atoms with Crippen molar-refractivity contribution < 1.29 is 0 Å². The maximum Gasteiger partial charge on any atom is 0.0950 e. The number of hydrogen-bond donors (Lipinski definition) is 1. The van der Waals surface area contributed by atoms with Crippen molar-refractivity contribution in [3.63, 3.8) is 0 Å². The molecule has 15 heavy (non-hydrogen) atoms. The standard InChI is InChI=1S/C11H14N2S2/c1-7-8(2)15-11(13-7)6-9(12)10-4-3-5-14-10/h3-5,9H,6,12H2,1-2H3. The van der Waals surface area contributed by atoms with E-state index < -0.39 is 0 Å². The number of thiazole rings is 1. The van der Waals surface area contributed by atoms with E-state index in [0.717, 1.165) is 17.1 Å². The van der Waals surface area contributed by atoms with Crippen LogP contribution in [-0.4, -0.2) is 4.98 Å². The van der Waals surface area contributed by atoms with Gasteiger partial charge in [-0.15, -0.1) is 22.7 Å². The van der Waals surface area contributed by atoms with Crippen LogP contribution in [0.3, 0.4) is 0 Å². The summed E-state index contributed by atoms with van der Waals surface area (Å²) in [7, 11) is 0. The van der Waals surface area contributed by atoms with Crippen LogP contribution in [0.1, 0.15) is 26.5 Å². The van der Waals surface area contributed by atoms with Crippen LogP contribution in [0.25, 0.3) is 0 Å². The summed E-state index contributed by atoms with van der Waals surface area (Å²) in [5.74, 6) is 0. The molecule has 1 unspecified atom stereocenters. The lowest BCUT2D eigenvalue weighted by molar-refractivity contribution is 0.731. The van der Waals surface area contributed by atoms with Crippen LogP contribution in [0.4, 0.5) is 0 Å². The van der Waals surface area contributed by atoms with Crippen molar-refractivity contribution >= 4 is 22.7 Å². The van der Waals surface area contributed by atoms with Crippen LogP contribution in [-0.2, 0) is 6.42 Å². The summed E-state index contributed by atoms with van der Waals surface area (Å²) in [6.45, 7) is 4.15. The Kier molecular flexibility index (Phi) is 3.19. The molecule has 0 amide bonds. The van der Waals surface area contributed by atoms with Crippen LogP contribution in [0.2, 0.25) is 0 Å². The minimum atomic E-state index is 0.0925. The Morgan fingerprint density at radius 1 is 1.47 bits per heavy atom. The summed E-state index contributed by atoms with van der Waals surface area (Å²) in [5, 5.41) is 3.21. The number of hydrogen-bond acceptors (Lipinski definition) is 4. The highest BCUT2D eigenvalue weighted by atomic mass is 32.1. The molecule has 0 saturated heterocycles. The maximum absolute atomic E-state index is 6.11. The first-order valence-electron chi connectivity index (χ1n) is 4.88. The van der Waals surface area contributed by atoms with Gasteiger partial charge in [0, 0.05) is 22.2 Å². The van der Waals surface area contributed by atoms with Gasteiger partial charge in [-0.1, -0.05) is 6.07 Å². The third kappa shape index (κ3) is 2.45. The zero-order chi connectivity index (χ0) is 10.8. The fourth-order valence-electron chi connectivity index (χ4n) is 1.42. The number of thiophene rings is 1. The molecule has 2 aromatic heterocycles. The van der Waals surface area contributed by atoms with Gasteiger partial charge < -0.3 is 5.73 Å². The van der Waals surface area contributed by atoms with E-state index in [-0.39, 0.29) is 6.04 Å². The van der Waals surface area contributed by atoms with E-state index in [0.29, 0.717) is 0 Å². The Morgan fingerprint density at radius 2 is 2.27 bits per heavy atom. The summed E-state index contributed by atoms with van der Waals surface area (Å²) in [4.78, 5) is 7.03. The summed E-state index contributed by atoms with van der Waals surface area (Å²) in [6.07, 6.45) is 0.847. The fraction of sp³-hybridized carbons (Fsp3) is 0.364. The van der Waals surface area contributed by atoms with Gasteiger partial charge in [-0.25, -0.2) is 4.98 Å². The number of nitrogens with two attached hydrogens (primary N) is 1. The molecule has 0 spiro atoms. The van der Waals surface area contributed by atoms with Gasteiger partial charge in [-0.3, -0.25) is 0 Å². The molecule has 0 aliphatic carbocycles. The molecule has 0 aromatic carbocycles. The van der Waals surface area contributed by atoms with Crippen LogP contribution in [0, 0.1) is 13.8 Å². The summed E-state index contributed by atoms with van der Waals surface area (Å²) in [5.41, 5.74) is 7.24. The highest BCUT2D eigenvalue weighted by molar-refractivity contribution is 7.11. The topological polar surface area (TPSA) is 38.9 Å². The van der Waals surface area contributed by atoms with Crippen LogP contribution in [0.15, 0.2) is 17.5 Å². The molecule has 0 fully saturated rings. The van der Waals surface area contributed by atoms with Crippen molar-refractivity contribution in [2.24, 2.45) is 5.73 Å². The normalized spacial score (nSPS) is 13.0. The van der Waals surface area contributed by atoms with E-state index in [1.165, 1.54) is 9.75 Å². The quantitative estimate of drug-likeness (QED) is 0.892. The lowest BCUT2D eigenvalue weighted by Gasteiger charge is -2.06. The van der Waals surface area contributed by atoms with E-state index in [4.69, 9.17) is 5.73 Å². The zero-order valence-electron chi connectivity index (χ0n) is 8.86. The van der Waals surface area contributed by atoms with Crippen molar-refractivity contribution in [1.82, 2.24) is 4.98 Å². The molecule has 0 aliphatic heterocycles. The van der Waals surface area contributed by atoms with Gasteiger partial charge in [0.05, 0.1) is 10.7 Å². The number of rotatable bonds is 3. The Labute approximate surface area is 97.8 Å². The first-order valence-corrected chi connectivity index (χ1v) is 6.58. The smallest absolute Gasteiger partial charge is 0.0950 e. The first-order chi connectivity index (χ1) is 7.16. The van der Waals surface area contributed by atoms with E-state index in [2.05, 4.69) is 23.4 Å². The molecule has 2 nitrogen and oxygen atoms in total. The van der Waals surface area contributed by atoms with E-state index >= 15 is 0 Å². The summed E-state index contributed by atoms with van der Waals surface area (Å²) >= 11 is 3.47. The second-order valence-electron chi connectivity index (χ2n) is 3.58. The molecule has 80 valence electrons. The molecular formula is C11H14N2S2. The highest BCUT2D eigenvalue weighted by Crippen LogP contribution is 2.24. The Hall–Kier alpha value is -0.710. The second kappa shape index (κ2) is 4.43. The summed E-state index contributed by atoms with van der Waals surface area (Å²) in [6, 6.07) is 4.22. The van der Waals surface area contributed by atoms with Gasteiger partial charge in [-0.2, -0.15) is 0 Å². The third-order valence-electron chi connectivity index (χ3n) is 2.38. The summed E-state index contributed by atoms with van der Waals surface area (Å²) < 4.78 is 0. The zero-order valence-corrected chi connectivity index (χ0v) is 10.5. The van der Waals surface area contributed by atoms with Crippen LogP contribution < -0.4 is 5.73 Å². The monoisotopic (exact) mass is 238 g/mol. The van der Waals surface area contributed by atoms with Gasteiger partial charge >= 0.3 is 0 Å².